The molecule has 0 radical (unpaired) electrons. The Bertz CT molecular complexity index is 971. The number of amides is 1. The van der Waals surface area contributed by atoms with Crippen LogP contribution in [0.4, 0.5) is 9.39 Å². The first-order valence-electron chi connectivity index (χ1n) is 8.94. The van der Waals surface area contributed by atoms with Crippen LogP contribution in [0.2, 0.25) is 0 Å². The van der Waals surface area contributed by atoms with E-state index in [0.29, 0.717) is 21.9 Å². The van der Waals surface area contributed by atoms with Gasteiger partial charge in [0.25, 0.3) is 0 Å². The molecule has 158 valence electrons. The Morgan fingerprint density at radius 3 is 2.52 bits per heavy atom. The number of hydrogen-bond donors (Lipinski definition) is 1. The molecule has 2 aromatic rings. The molecule has 0 unspecified atom stereocenters. The number of nitrogens with one attached hydrogen (secondary N) is 1. The number of anilines is 1. The summed E-state index contributed by atoms with van der Waals surface area (Å²) in [4.78, 5) is 24.4. The zero-order chi connectivity index (χ0) is 21.6. The van der Waals surface area contributed by atoms with Crippen LogP contribution in [-0.4, -0.2) is 44.8 Å². The van der Waals surface area contributed by atoms with Gasteiger partial charge in [-0.15, -0.1) is 11.3 Å². The summed E-state index contributed by atoms with van der Waals surface area (Å²) in [6.45, 7) is 3.88. The smallest absolute Gasteiger partial charge is 0.348 e. The predicted octanol–water partition coefficient (Wildman–Crippen LogP) is 3.41. The van der Waals surface area contributed by atoms with Crippen molar-refractivity contribution in [1.29, 1.82) is 0 Å². The van der Waals surface area contributed by atoms with Crippen LogP contribution in [-0.2, 0) is 19.6 Å². The molecular weight excluding hydrogens is 419 g/mol. The van der Waals surface area contributed by atoms with E-state index >= 15 is 0 Å². The van der Waals surface area contributed by atoms with Crippen molar-refractivity contribution in [3.05, 3.63) is 46.6 Å². The summed E-state index contributed by atoms with van der Waals surface area (Å²) >= 11 is 1.13. The zero-order valence-corrected chi connectivity index (χ0v) is 18.0. The highest BCUT2D eigenvalue weighted by Gasteiger charge is 2.21. The van der Waals surface area contributed by atoms with E-state index in [1.54, 1.807) is 19.9 Å². The third-order valence-electron chi connectivity index (χ3n) is 4.04. The van der Waals surface area contributed by atoms with Gasteiger partial charge in [0, 0.05) is 20.0 Å². The summed E-state index contributed by atoms with van der Waals surface area (Å²) in [6, 6.07) is 6.27. The summed E-state index contributed by atoms with van der Waals surface area (Å²) in [7, 11) is -2.34. The number of ether oxygens (including phenoxy) is 1. The second-order valence-electron chi connectivity index (χ2n) is 6.28. The summed E-state index contributed by atoms with van der Waals surface area (Å²) in [5, 5.41) is 3.24. The monoisotopic (exact) mass is 442 g/mol. The van der Waals surface area contributed by atoms with Crippen LogP contribution in [0, 0.1) is 12.7 Å². The molecule has 1 amide bonds. The summed E-state index contributed by atoms with van der Waals surface area (Å²) in [5.74, 6) is -1.23. The number of carbonyl (C=O) groups is 2. The van der Waals surface area contributed by atoms with Gasteiger partial charge in [0.2, 0.25) is 15.9 Å². The van der Waals surface area contributed by atoms with E-state index in [0.717, 1.165) is 27.8 Å². The van der Waals surface area contributed by atoms with Crippen LogP contribution in [0.25, 0.3) is 0 Å². The molecule has 0 aliphatic carbocycles. The standard InChI is InChI=1S/C19H23FN2O5S2/c1-4-27-19(24)18-13(2)12-17(28-18)21-16(23)6-5-11-22(3)29(25,26)15-9-7-14(20)8-10-15/h7-10,12H,4-6,11H2,1-3H3,(H,21,23). The minimum atomic E-state index is -3.74. The van der Waals surface area contributed by atoms with Gasteiger partial charge in [-0.3, -0.25) is 4.79 Å². The number of sulfonamides is 1. The van der Waals surface area contributed by atoms with Crippen LogP contribution in [0.3, 0.4) is 0 Å². The Balaban J connectivity index is 1.87. The molecule has 10 heteroatoms. The number of esters is 1. The fourth-order valence-corrected chi connectivity index (χ4v) is 4.70. The van der Waals surface area contributed by atoms with Gasteiger partial charge in [-0.05, 0) is 56.2 Å². The van der Waals surface area contributed by atoms with Crippen LogP contribution in [0.5, 0.6) is 0 Å². The fraction of sp³-hybridized carbons (Fsp3) is 0.368. The number of benzene rings is 1. The van der Waals surface area contributed by atoms with Crippen molar-refractivity contribution in [1.82, 2.24) is 4.31 Å². The molecule has 0 saturated carbocycles. The largest absolute Gasteiger partial charge is 0.462 e. The molecule has 1 heterocycles. The number of rotatable bonds is 9. The minimum Gasteiger partial charge on any atom is -0.462 e. The third-order valence-corrected chi connectivity index (χ3v) is 7.04. The van der Waals surface area contributed by atoms with Crippen LogP contribution in [0.1, 0.15) is 35.0 Å². The molecule has 0 fully saturated rings. The number of halogens is 1. The van der Waals surface area contributed by atoms with Crippen molar-refractivity contribution in [3.63, 3.8) is 0 Å². The molecule has 2 rings (SSSR count). The molecule has 1 aromatic carbocycles. The molecule has 0 saturated heterocycles. The van der Waals surface area contributed by atoms with Gasteiger partial charge in [0.05, 0.1) is 16.5 Å². The van der Waals surface area contributed by atoms with Crippen molar-refractivity contribution in [2.45, 2.75) is 31.6 Å². The van der Waals surface area contributed by atoms with Crippen molar-refractivity contribution < 1.29 is 27.1 Å². The third kappa shape index (κ3) is 6.09. The van der Waals surface area contributed by atoms with Gasteiger partial charge in [-0.1, -0.05) is 0 Å². The Hall–Kier alpha value is -2.30. The Kier molecular flexibility index (Phi) is 7.88. The van der Waals surface area contributed by atoms with E-state index in [9.17, 15) is 22.4 Å². The minimum absolute atomic E-state index is 0.00796. The van der Waals surface area contributed by atoms with Gasteiger partial charge in [-0.2, -0.15) is 0 Å². The quantitative estimate of drug-likeness (QED) is 0.601. The van der Waals surface area contributed by atoms with Crippen LogP contribution < -0.4 is 5.32 Å². The van der Waals surface area contributed by atoms with Gasteiger partial charge >= 0.3 is 5.97 Å². The fourth-order valence-electron chi connectivity index (χ4n) is 2.51. The van der Waals surface area contributed by atoms with Crippen molar-refractivity contribution in [2.75, 3.05) is 25.5 Å². The first-order chi connectivity index (χ1) is 13.6. The molecule has 0 bridgehead atoms. The lowest BCUT2D eigenvalue weighted by atomic mass is 10.3. The van der Waals surface area contributed by atoms with E-state index in [1.807, 2.05) is 0 Å². The van der Waals surface area contributed by atoms with E-state index in [-0.39, 0.29) is 30.4 Å². The maximum atomic E-state index is 13.0. The number of carbonyl (C=O) groups excluding carboxylic acids is 2. The topological polar surface area (TPSA) is 92.8 Å². The van der Waals surface area contributed by atoms with Crippen molar-refractivity contribution in [3.8, 4) is 0 Å². The molecule has 0 aliphatic heterocycles. The Morgan fingerprint density at radius 1 is 1.24 bits per heavy atom. The molecular formula is C19H23FN2O5S2. The number of nitrogens with zero attached hydrogens (tertiary/aromatic N) is 1. The van der Waals surface area contributed by atoms with Gasteiger partial charge in [0.15, 0.2) is 0 Å². The molecule has 7 nitrogen and oxygen atoms in total. The van der Waals surface area contributed by atoms with E-state index in [4.69, 9.17) is 4.74 Å². The zero-order valence-electron chi connectivity index (χ0n) is 16.4. The van der Waals surface area contributed by atoms with Crippen LogP contribution >= 0.6 is 11.3 Å². The van der Waals surface area contributed by atoms with E-state index in [2.05, 4.69) is 5.32 Å². The van der Waals surface area contributed by atoms with E-state index in [1.165, 1.54) is 19.2 Å². The first kappa shape index (κ1) is 23.0. The predicted molar refractivity (Wildman–Crippen MR) is 109 cm³/mol. The van der Waals surface area contributed by atoms with Crippen LogP contribution in [0.15, 0.2) is 35.2 Å². The second-order valence-corrected chi connectivity index (χ2v) is 9.37. The Labute approximate surface area is 173 Å². The van der Waals surface area contributed by atoms with Crippen molar-refractivity contribution >= 4 is 38.2 Å². The maximum Gasteiger partial charge on any atom is 0.348 e. The summed E-state index contributed by atoms with van der Waals surface area (Å²) in [5.41, 5.74) is 0.717. The number of aryl methyl sites for hydroxylation is 1. The number of thiophene rings is 1. The maximum absolute atomic E-state index is 13.0. The second kappa shape index (κ2) is 9.95. The molecule has 29 heavy (non-hydrogen) atoms. The Morgan fingerprint density at radius 2 is 1.90 bits per heavy atom. The molecule has 1 N–H and O–H groups in total. The summed E-state index contributed by atoms with van der Waals surface area (Å²) < 4.78 is 43.9. The lowest BCUT2D eigenvalue weighted by Crippen LogP contribution is -2.28. The average molecular weight is 443 g/mol. The van der Waals surface area contributed by atoms with Crippen molar-refractivity contribution in [2.24, 2.45) is 0 Å². The number of hydrogen-bond acceptors (Lipinski definition) is 6. The lowest BCUT2D eigenvalue weighted by Gasteiger charge is -2.17. The average Bonchev–Trinajstić information content (AvgIpc) is 3.02. The molecule has 1 aromatic heterocycles. The lowest BCUT2D eigenvalue weighted by molar-refractivity contribution is -0.116. The summed E-state index contributed by atoms with van der Waals surface area (Å²) in [6.07, 6.45) is 0.410. The van der Waals surface area contributed by atoms with Gasteiger partial charge < -0.3 is 10.1 Å². The highest BCUT2D eigenvalue weighted by molar-refractivity contribution is 7.89. The molecule has 0 aliphatic rings. The highest BCUT2D eigenvalue weighted by Crippen LogP contribution is 2.27. The highest BCUT2D eigenvalue weighted by atomic mass is 32.2. The van der Waals surface area contributed by atoms with Gasteiger partial charge in [-0.25, -0.2) is 21.9 Å². The first-order valence-corrected chi connectivity index (χ1v) is 11.2. The van der Waals surface area contributed by atoms with E-state index < -0.39 is 21.8 Å². The normalized spacial score (nSPS) is 11.5. The van der Waals surface area contributed by atoms with Gasteiger partial charge in [0.1, 0.15) is 10.7 Å². The SMILES string of the molecule is CCOC(=O)c1sc(NC(=O)CCCN(C)S(=O)(=O)c2ccc(F)cc2)cc1C. The molecule has 0 atom stereocenters. The molecule has 0 spiro atoms.